The van der Waals surface area contributed by atoms with Gasteiger partial charge in [0.25, 0.3) is 0 Å². The number of hydrogen-bond donors (Lipinski definition) is 2. The lowest BCUT2D eigenvalue weighted by molar-refractivity contribution is 0.584. The Labute approximate surface area is 136 Å². The summed E-state index contributed by atoms with van der Waals surface area (Å²) in [6, 6.07) is 5.32. The smallest absolute Gasteiger partial charge is 0.240 e. The van der Waals surface area contributed by atoms with Crippen molar-refractivity contribution in [1.82, 2.24) is 19.9 Å². The van der Waals surface area contributed by atoms with Gasteiger partial charge in [-0.05, 0) is 24.1 Å². The van der Waals surface area contributed by atoms with Crippen molar-refractivity contribution in [2.75, 3.05) is 18.0 Å². The van der Waals surface area contributed by atoms with Crippen LogP contribution in [-0.4, -0.2) is 36.7 Å². The van der Waals surface area contributed by atoms with Crippen LogP contribution in [0, 0.1) is 0 Å². The molecule has 1 aromatic carbocycles. The zero-order valence-corrected chi connectivity index (χ0v) is 14.2. The molecule has 7 nitrogen and oxygen atoms in total. The zero-order chi connectivity index (χ0) is 16.4. The number of aromatic nitrogens is 3. The number of hydrogen-bond acceptors (Lipinski definition) is 5. The van der Waals surface area contributed by atoms with E-state index < -0.39 is 10.0 Å². The van der Waals surface area contributed by atoms with Crippen LogP contribution in [0.3, 0.4) is 0 Å². The first kappa shape index (κ1) is 15.9. The van der Waals surface area contributed by atoms with Gasteiger partial charge in [0.15, 0.2) is 5.82 Å². The minimum absolute atomic E-state index is 0.303. The van der Waals surface area contributed by atoms with Gasteiger partial charge in [-0.15, -0.1) is 0 Å². The van der Waals surface area contributed by atoms with Gasteiger partial charge >= 0.3 is 0 Å². The SMILES string of the molecule is CCNS(=O)(=O)c1ccc2c(c1)N(Cc1nc(CC)n[nH]1)CC2. The van der Waals surface area contributed by atoms with Crippen LogP contribution < -0.4 is 9.62 Å². The summed E-state index contributed by atoms with van der Waals surface area (Å²) in [7, 11) is -3.44. The molecule has 124 valence electrons. The van der Waals surface area contributed by atoms with Gasteiger partial charge in [0.1, 0.15) is 5.82 Å². The molecule has 2 heterocycles. The molecule has 1 aromatic heterocycles. The molecule has 8 heteroatoms. The molecule has 0 saturated carbocycles. The second-order valence-corrected chi connectivity index (χ2v) is 7.28. The lowest BCUT2D eigenvalue weighted by Gasteiger charge is -2.18. The molecule has 0 aliphatic carbocycles. The number of H-pyrrole nitrogens is 1. The molecule has 0 radical (unpaired) electrons. The number of fused-ring (bicyclic) bond motifs is 1. The minimum atomic E-state index is -3.44. The maximum Gasteiger partial charge on any atom is 0.240 e. The summed E-state index contributed by atoms with van der Waals surface area (Å²) in [5.41, 5.74) is 2.12. The lowest BCUT2D eigenvalue weighted by Crippen LogP contribution is -2.24. The fourth-order valence-corrected chi connectivity index (χ4v) is 3.84. The summed E-state index contributed by atoms with van der Waals surface area (Å²) >= 11 is 0. The predicted molar refractivity (Wildman–Crippen MR) is 87.8 cm³/mol. The van der Waals surface area contributed by atoms with Crippen molar-refractivity contribution in [3.63, 3.8) is 0 Å². The van der Waals surface area contributed by atoms with Gasteiger partial charge in [-0.3, -0.25) is 5.10 Å². The molecule has 0 spiro atoms. The third kappa shape index (κ3) is 3.23. The van der Waals surface area contributed by atoms with E-state index in [1.165, 1.54) is 0 Å². The van der Waals surface area contributed by atoms with Crippen molar-refractivity contribution in [3.05, 3.63) is 35.4 Å². The van der Waals surface area contributed by atoms with Crippen molar-refractivity contribution < 1.29 is 8.42 Å². The predicted octanol–water partition coefficient (Wildman–Crippen LogP) is 1.23. The molecule has 1 aliphatic heterocycles. The Morgan fingerprint density at radius 1 is 1.35 bits per heavy atom. The molecular weight excluding hydrogens is 314 g/mol. The first-order valence-corrected chi connectivity index (χ1v) is 9.29. The quantitative estimate of drug-likeness (QED) is 0.828. The number of benzene rings is 1. The van der Waals surface area contributed by atoms with Gasteiger partial charge in [0, 0.05) is 25.2 Å². The number of rotatable bonds is 6. The second kappa shape index (κ2) is 6.29. The molecule has 3 rings (SSSR count). The van der Waals surface area contributed by atoms with E-state index in [1.807, 2.05) is 13.0 Å². The highest BCUT2D eigenvalue weighted by Gasteiger charge is 2.23. The van der Waals surface area contributed by atoms with Crippen LogP contribution in [0.25, 0.3) is 0 Å². The molecule has 0 amide bonds. The van der Waals surface area contributed by atoms with E-state index in [-0.39, 0.29) is 0 Å². The number of aromatic amines is 1. The fourth-order valence-electron chi connectivity index (χ4n) is 2.77. The van der Waals surface area contributed by atoms with Crippen LogP contribution in [0.2, 0.25) is 0 Å². The van der Waals surface area contributed by atoms with E-state index in [0.717, 1.165) is 42.3 Å². The maximum absolute atomic E-state index is 12.2. The molecule has 23 heavy (non-hydrogen) atoms. The molecule has 0 saturated heterocycles. The molecular formula is C15H21N5O2S. The summed E-state index contributed by atoms with van der Waals surface area (Å²) in [6.07, 6.45) is 1.70. The van der Waals surface area contributed by atoms with Crippen LogP contribution in [0.5, 0.6) is 0 Å². The van der Waals surface area contributed by atoms with Gasteiger partial charge in [-0.1, -0.05) is 19.9 Å². The lowest BCUT2D eigenvalue weighted by atomic mass is 10.2. The Kier molecular flexibility index (Phi) is 4.36. The van der Waals surface area contributed by atoms with E-state index >= 15 is 0 Å². The van der Waals surface area contributed by atoms with Crippen molar-refractivity contribution in [1.29, 1.82) is 0 Å². The highest BCUT2D eigenvalue weighted by Crippen LogP contribution is 2.31. The summed E-state index contributed by atoms with van der Waals surface area (Å²) in [6.45, 7) is 5.61. The molecule has 1 aliphatic rings. The van der Waals surface area contributed by atoms with E-state index in [4.69, 9.17) is 0 Å². The molecule has 2 aromatic rings. The van der Waals surface area contributed by atoms with Crippen LogP contribution in [-0.2, 0) is 29.4 Å². The van der Waals surface area contributed by atoms with Crippen molar-refractivity contribution >= 4 is 15.7 Å². The van der Waals surface area contributed by atoms with Crippen molar-refractivity contribution in [2.24, 2.45) is 0 Å². The monoisotopic (exact) mass is 335 g/mol. The van der Waals surface area contributed by atoms with Gasteiger partial charge in [0.05, 0.1) is 11.4 Å². The van der Waals surface area contributed by atoms with Crippen LogP contribution in [0.4, 0.5) is 5.69 Å². The maximum atomic E-state index is 12.2. The number of aryl methyl sites for hydroxylation is 1. The zero-order valence-electron chi connectivity index (χ0n) is 13.3. The Balaban J connectivity index is 1.86. The molecule has 0 bridgehead atoms. The van der Waals surface area contributed by atoms with E-state index in [1.54, 1.807) is 19.1 Å². The molecule has 0 fully saturated rings. The highest BCUT2D eigenvalue weighted by atomic mass is 32.2. The average Bonchev–Trinajstić information content (AvgIpc) is 3.14. The topological polar surface area (TPSA) is 91.0 Å². The number of nitrogens with one attached hydrogen (secondary N) is 2. The van der Waals surface area contributed by atoms with Crippen LogP contribution in [0.15, 0.2) is 23.1 Å². The summed E-state index contributed by atoms with van der Waals surface area (Å²) < 4.78 is 26.9. The number of anilines is 1. The third-order valence-electron chi connectivity index (χ3n) is 3.93. The van der Waals surface area contributed by atoms with Crippen LogP contribution in [0.1, 0.15) is 31.1 Å². The van der Waals surface area contributed by atoms with Crippen molar-refractivity contribution in [2.45, 2.75) is 38.1 Å². The Morgan fingerprint density at radius 2 is 2.17 bits per heavy atom. The third-order valence-corrected chi connectivity index (χ3v) is 5.47. The van der Waals surface area contributed by atoms with Gasteiger partial charge in [-0.2, -0.15) is 5.10 Å². The first-order valence-electron chi connectivity index (χ1n) is 7.81. The van der Waals surface area contributed by atoms with Crippen LogP contribution >= 0.6 is 0 Å². The summed E-state index contributed by atoms with van der Waals surface area (Å²) in [5, 5.41) is 7.09. The van der Waals surface area contributed by atoms with Gasteiger partial charge in [0.2, 0.25) is 10.0 Å². The van der Waals surface area contributed by atoms with Gasteiger partial charge < -0.3 is 4.90 Å². The number of nitrogens with zero attached hydrogens (tertiary/aromatic N) is 3. The molecule has 0 unspecified atom stereocenters. The van der Waals surface area contributed by atoms with Gasteiger partial charge in [-0.25, -0.2) is 18.1 Å². The largest absolute Gasteiger partial charge is 0.363 e. The van der Waals surface area contributed by atoms with E-state index in [9.17, 15) is 8.42 Å². The average molecular weight is 335 g/mol. The summed E-state index contributed by atoms with van der Waals surface area (Å²) in [4.78, 5) is 6.87. The minimum Gasteiger partial charge on any atom is -0.363 e. The first-order chi connectivity index (χ1) is 11.0. The standard InChI is InChI=1S/C15H21N5O2S/c1-3-14-17-15(19-18-14)10-20-8-7-11-5-6-12(9-13(11)20)23(21,22)16-4-2/h5-6,9,16H,3-4,7-8,10H2,1-2H3,(H,17,18,19). The highest BCUT2D eigenvalue weighted by molar-refractivity contribution is 7.89. The number of sulfonamides is 1. The summed E-state index contributed by atoms with van der Waals surface area (Å²) in [5.74, 6) is 1.59. The Bertz CT molecular complexity index is 800. The molecule has 2 N–H and O–H groups in total. The normalized spacial score (nSPS) is 14.3. The van der Waals surface area contributed by atoms with E-state index in [2.05, 4.69) is 24.8 Å². The fraction of sp³-hybridized carbons (Fsp3) is 0.467. The van der Waals surface area contributed by atoms with Crippen molar-refractivity contribution in [3.8, 4) is 0 Å². The Hall–Kier alpha value is -1.93. The Morgan fingerprint density at radius 3 is 2.87 bits per heavy atom. The molecule has 0 atom stereocenters. The van der Waals surface area contributed by atoms with E-state index in [0.29, 0.717) is 18.0 Å². The second-order valence-electron chi connectivity index (χ2n) is 5.52.